The predicted molar refractivity (Wildman–Crippen MR) is 146 cm³/mol. The van der Waals surface area contributed by atoms with Crippen LogP contribution < -0.4 is 15.0 Å². The number of anilines is 2. The summed E-state index contributed by atoms with van der Waals surface area (Å²) in [6.07, 6.45) is 0.705. The van der Waals surface area contributed by atoms with Crippen LogP contribution >= 0.6 is 0 Å². The average Bonchev–Trinajstić information content (AvgIpc) is 3.58. The summed E-state index contributed by atoms with van der Waals surface area (Å²) < 4.78 is 16.4. The van der Waals surface area contributed by atoms with E-state index in [-0.39, 0.29) is 5.91 Å². The lowest BCUT2D eigenvalue weighted by Gasteiger charge is -2.28. The Morgan fingerprint density at radius 3 is 2.53 bits per heavy atom. The molecule has 1 saturated heterocycles. The molecule has 8 heteroatoms. The lowest BCUT2D eigenvalue weighted by Crippen LogP contribution is -2.36. The third-order valence-corrected chi connectivity index (χ3v) is 6.71. The average molecular weight is 509 g/mol. The van der Waals surface area contributed by atoms with Gasteiger partial charge in [0, 0.05) is 42.5 Å². The highest BCUT2D eigenvalue weighted by atomic mass is 16.5. The maximum atomic E-state index is 12.8. The Hall–Kier alpha value is -4.43. The molecule has 1 aromatic heterocycles. The summed E-state index contributed by atoms with van der Waals surface area (Å²) in [6.45, 7) is 5.46. The molecule has 0 spiro atoms. The number of nitrogens with zero attached hydrogens (tertiary/aromatic N) is 3. The Balaban J connectivity index is 1.06. The molecule has 0 radical (unpaired) electrons. The number of nitrogens with one attached hydrogen (secondary N) is 1. The largest absolute Gasteiger partial charge is 0.487 e. The highest BCUT2D eigenvalue weighted by Gasteiger charge is 2.18. The molecule has 2 aliphatic rings. The highest BCUT2D eigenvalue weighted by Crippen LogP contribution is 2.32. The molecule has 0 atom stereocenters. The van der Waals surface area contributed by atoms with Crippen molar-refractivity contribution in [2.45, 2.75) is 20.0 Å². The number of aliphatic imine (C=N–C) groups is 1. The number of benzene rings is 3. The summed E-state index contributed by atoms with van der Waals surface area (Å²) in [5.41, 5.74) is 7.27. The second-order valence-corrected chi connectivity index (χ2v) is 9.42. The van der Waals surface area contributed by atoms with Crippen molar-refractivity contribution in [3.63, 3.8) is 0 Å². The first kappa shape index (κ1) is 23.9. The van der Waals surface area contributed by atoms with Crippen molar-refractivity contribution >= 4 is 28.7 Å². The Morgan fingerprint density at radius 2 is 1.79 bits per heavy atom. The van der Waals surface area contributed by atoms with Gasteiger partial charge in [0.05, 0.1) is 24.6 Å². The van der Waals surface area contributed by atoms with E-state index in [0.717, 1.165) is 77.4 Å². The van der Waals surface area contributed by atoms with E-state index in [1.54, 1.807) is 0 Å². The van der Waals surface area contributed by atoms with Gasteiger partial charge in [-0.25, -0.2) is 0 Å². The van der Waals surface area contributed by atoms with Gasteiger partial charge in [0.2, 0.25) is 0 Å². The number of hydrogen-bond acceptors (Lipinski definition) is 7. The van der Waals surface area contributed by atoms with E-state index >= 15 is 0 Å². The van der Waals surface area contributed by atoms with Crippen LogP contribution in [0.15, 0.2) is 82.3 Å². The number of morpholine rings is 1. The van der Waals surface area contributed by atoms with Crippen molar-refractivity contribution in [3.8, 4) is 5.75 Å². The Labute approximate surface area is 220 Å². The van der Waals surface area contributed by atoms with E-state index in [2.05, 4.69) is 15.4 Å². The molecular weight excluding hydrogens is 480 g/mol. The monoisotopic (exact) mass is 508 g/mol. The third-order valence-electron chi connectivity index (χ3n) is 6.71. The second kappa shape index (κ2) is 10.5. The van der Waals surface area contributed by atoms with Gasteiger partial charge in [-0.2, -0.15) is 0 Å². The Kier molecular flexibility index (Phi) is 6.62. The summed E-state index contributed by atoms with van der Waals surface area (Å²) >= 11 is 0. The molecule has 0 aliphatic carbocycles. The SMILES string of the molecule is Cc1cc(COc2ccc3c(c2)CC(c2ccc(C(=O)Nc4ccc(N5CCOCC5)cc4)cc2)=N3)no1. The number of hydrogen-bond donors (Lipinski definition) is 1. The Bertz CT molecular complexity index is 1470. The zero-order valence-electron chi connectivity index (χ0n) is 21.1. The fourth-order valence-electron chi connectivity index (χ4n) is 4.67. The highest BCUT2D eigenvalue weighted by molar-refractivity contribution is 6.08. The van der Waals surface area contributed by atoms with Crippen LogP contribution in [0.4, 0.5) is 17.1 Å². The van der Waals surface area contributed by atoms with E-state index < -0.39 is 0 Å². The second-order valence-electron chi connectivity index (χ2n) is 9.42. The molecule has 6 rings (SSSR count). The fourth-order valence-corrected chi connectivity index (χ4v) is 4.67. The van der Waals surface area contributed by atoms with Crippen molar-refractivity contribution < 1.29 is 18.8 Å². The van der Waals surface area contributed by atoms with Crippen LogP contribution in [0.1, 0.15) is 32.9 Å². The van der Waals surface area contributed by atoms with E-state index in [9.17, 15) is 4.79 Å². The van der Waals surface area contributed by atoms with Gasteiger partial charge in [-0.1, -0.05) is 17.3 Å². The first-order valence-corrected chi connectivity index (χ1v) is 12.7. The molecule has 4 aromatic rings. The van der Waals surface area contributed by atoms with Gasteiger partial charge in [-0.15, -0.1) is 0 Å². The summed E-state index contributed by atoms with van der Waals surface area (Å²) in [4.78, 5) is 19.9. The van der Waals surface area contributed by atoms with Crippen LogP contribution in [0.3, 0.4) is 0 Å². The van der Waals surface area contributed by atoms with Crippen LogP contribution in [0, 0.1) is 6.92 Å². The summed E-state index contributed by atoms with van der Waals surface area (Å²) in [5, 5.41) is 6.95. The molecule has 192 valence electrons. The molecule has 3 heterocycles. The van der Waals surface area contributed by atoms with Gasteiger partial charge in [0.15, 0.2) is 0 Å². The summed E-state index contributed by atoms with van der Waals surface area (Å²) in [6, 6.07) is 23.3. The number of carbonyl (C=O) groups is 1. The van der Waals surface area contributed by atoms with Gasteiger partial charge in [-0.05, 0) is 72.6 Å². The lowest BCUT2D eigenvalue weighted by atomic mass is 10.0. The molecule has 8 nitrogen and oxygen atoms in total. The number of amides is 1. The molecule has 0 saturated carbocycles. The predicted octanol–water partition coefficient (Wildman–Crippen LogP) is 5.33. The molecule has 38 heavy (non-hydrogen) atoms. The maximum absolute atomic E-state index is 12.8. The molecular formula is C30H28N4O4. The number of carbonyl (C=O) groups excluding carboxylic acids is 1. The number of fused-ring (bicyclic) bond motifs is 1. The van der Waals surface area contributed by atoms with Crippen LogP contribution in [0.25, 0.3) is 0 Å². The van der Waals surface area contributed by atoms with Gasteiger partial charge in [0.25, 0.3) is 5.91 Å². The first-order valence-electron chi connectivity index (χ1n) is 12.7. The molecule has 1 N–H and O–H groups in total. The maximum Gasteiger partial charge on any atom is 0.255 e. The van der Waals surface area contributed by atoms with E-state index in [1.807, 2.05) is 79.7 Å². The van der Waals surface area contributed by atoms with Crippen LogP contribution in [-0.2, 0) is 17.8 Å². The zero-order chi connectivity index (χ0) is 25.9. The molecule has 1 amide bonds. The van der Waals surface area contributed by atoms with Crippen LogP contribution in [0.5, 0.6) is 5.75 Å². The van der Waals surface area contributed by atoms with E-state index in [4.69, 9.17) is 19.0 Å². The van der Waals surface area contributed by atoms with Crippen molar-refractivity contribution in [2.24, 2.45) is 4.99 Å². The molecule has 2 aliphatic heterocycles. The number of aryl methyl sites for hydroxylation is 1. The van der Waals surface area contributed by atoms with Crippen molar-refractivity contribution in [1.82, 2.24) is 5.16 Å². The minimum Gasteiger partial charge on any atom is -0.487 e. The van der Waals surface area contributed by atoms with Gasteiger partial charge >= 0.3 is 0 Å². The number of ether oxygens (including phenoxy) is 2. The lowest BCUT2D eigenvalue weighted by molar-refractivity contribution is 0.102. The minimum absolute atomic E-state index is 0.142. The topological polar surface area (TPSA) is 89.2 Å². The van der Waals surface area contributed by atoms with Crippen molar-refractivity contribution in [2.75, 3.05) is 36.5 Å². The summed E-state index contributed by atoms with van der Waals surface area (Å²) in [7, 11) is 0. The van der Waals surface area contributed by atoms with Gasteiger partial charge in [0.1, 0.15) is 23.8 Å². The van der Waals surface area contributed by atoms with Gasteiger partial charge < -0.3 is 24.2 Å². The molecule has 3 aromatic carbocycles. The van der Waals surface area contributed by atoms with Crippen LogP contribution in [-0.4, -0.2) is 43.1 Å². The van der Waals surface area contributed by atoms with Crippen molar-refractivity contribution in [3.05, 3.63) is 101 Å². The molecule has 0 unspecified atom stereocenters. The summed E-state index contributed by atoms with van der Waals surface area (Å²) in [5.74, 6) is 1.39. The molecule has 1 fully saturated rings. The fraction of sp³-hybridized carbons (Fsp3) is 0.233. The number of rotatable bonds is 7. The van der Waals surface area contributed by atoms with Crippen molar-refractivity contribution in [1.29, 1.82) is 0 Å². The van der Waals surface area contributed by atoms with Crippen LogP contribution in [0.2, 0.25) is 0 Å². The number of aromatic nitrogens is 1. The molecule has 0 bridgehead atoms. The minimum atomic E-state index is -0.142. The van der Waals surface area contributed by atoms with E-state index in [0.29, 0.717) is 18.6 Å². The van der Waals surface area contributed by atoms with Gasteiger partial charge in [-0.3, -0.25) is 9.79 Å². The Morgan fingerprint density at radius 1 is 1.00 bits per heavy atom. The quantitative estimate of drug-likeness (QED) is 0.363. The smallest absolute Gasteiger partial charge is 0.255 e. The van der Waals surface area contributed by atoms with E-state index in [1.165, 1.54) is 0 Å². The standard InChI is InChI=1S/C30H28N4O4/c1-20-16-25(33-38-20)19-37-27-10-11-28-23(17-27)18-29(32-28)21-2-4-22(5-3-21)30(35)31-24-6-8-26(9-7-24)34-12-14-36-15-13-34/h2-11,16-17H,12-15,18-19H2,1H3,(H,31,35). The zero-order valence-corrected chi connectivity index (χ0v) is 21.1. The normalized spacial score (nSPS) is 14.7. The third kappa shape index (κ3) is 5.31. The first-order chi connectivity index (χ1) is 18.6.